The topological polar surface area (TPSA) is 52.6 Å². The van der Waals surface area contributed by atoms with Crippen molar-refractivity contribution in [1.29, 1.82) is 0 Å². The summed E-state index contributed by atoms with van der Waals surface area (Å²) >= 11 is 0. The van der Waals surface area contributed by atoms with E-state index in [0.717, 1.165) is 17.8 Å². The van der Waals surface area contributed by atoms with Crippen LogP contribution in [0.2, 0.25) is 0 Å². The van der Waals surface area contributed by atoms with E-state index in [9.17, 15) is 9.90 Å². The van der Waals surface area contributed by atoms with Crippen LogP contribution in [0.4, 0.5) is 5.69 Å². The lowest BCUT2D eigenvalue weighted by atomic mass is 10.1. The average molecular weight is 234 g/mol. The molecule has 0 aliphatic carbocycles. The van der Waals surface area contributed by atoms with Crippen molar-refractivity contribution < 1.29 is 9.90 Å². The molecule has 0 saturated carbocycles. The SMILES string of the molecule is CC1CN(C(C)C(=O)O)c2ccccc2CN1. The van der Waals surface area contributed by atoms with Crippen molar-refractivity contribution in [2.24, 2.45) is 0 Å². The summed E-state index contributed by atoms with van der Waals surface area (Å²) in [5.41, 5.74) is 2.18. The van der Waals surface area contributed by atoms with E-state index in [0.29, 0.717) is 6.54 Å². The lowest BCUT2D eigenvalue weighted by molar-refractivity contribution is -0.138. The molecule has 4 nitrogen and oxygen atoms in total. The minimum Gasteiger partial charge on any atom is -0.480 e. The van der Waals surface area contributed by atoms with Gasteiger partial charge in [0.1, 0.15) is 6.04 Å². The van der Waals surface area contributed by atoms with Crippen molar-refractivity contribution in [1.82, 2.24) is 5.32 Å². The van der Waals surface area contributed by atoms with Gasteiger partial charge in [-0.25, -0.2) is 4.79 Å². The number of hydrogen-bond donors (Lipinski definition) is 2. The van der Waals surface area contributed by atoms with Gasteiger partial charge in [-0.1, -0.05) is 18.2 Å². The predicted molar refractivity (Wildman–Crippen MR) is 67.2 cm³/mol. The highest BCUT2D eigenvalue weighted by atomic mass is 16.4. The van der Waals surface area contributed by atoms with Crippen LogP contribution in [0, 0.1) is 0 Å². The first kappa shape index (κ1) is 11.9. The molecule has 1 aromatic rings. The molecule has 2 unspecified atom stereocenters. The van der Waals surface area contributed by atoms with Crippen molar-refractivity contribution in [2.75, 3.05) is 11.4 Å². The number of nitrogens with one attached hydrogen (secondary N) is 1. The molecule has 0 spiro atoms. The molecule has 0 bridgehead atoms. The fourth-order valence-corrected chi connectivity index (χ4v) is 2.18. The van der Waals surface area contributed by atoms with Crippen molar-refractivity contribution >= 4 is 11.7 Å². The number of para-hydroxylation sites is 1. The maximum Gasteiger partial charge on any atom is 0.326 e. The zero-order valence-corrected chi connectivity index (χ0v) is 10.2. The summed E-state index contributed by atoms with van der Waals surface area (Å²) in [6.07, 6.45) is 0. The molecule has 0 amide bonds. The Hall–Kier alpha value is -1.55. The third-order valence-electron chi connectivity index (χ3n) is 3.24. The number of nitrogens with zero attached hydrogens (tertiary/aromatic N) is 1. The third kappa shape index (κ3) is 2.42. The zero-order chi connectivity index (χ0) is 12.4. The van der Waals surface area contributed by atoms with Gasteiger partial charge in [0, 0.05) is 24.8 Å². The van der Waals surface area contributed by atoms with Gasteiger partial charge < -0.3 is 15.3 Å². The van der Waals surface area contributed by atoms with Crippen molar-refractivity contribution in [2.45, 2.75) is 32.5 Å². The second kappa shape index (κ2) is 4.75. The molecule has 1 heterocycles. The van der Waals surface area contributed by atoms with E-state index in [1.165, 1.54) is 0 Å². The Morgan fingerprint density at radius 2 is 2.24 bits per heavy atom. The van der Waals surface area contributed by atoms with Crippen LogP contribution in [0.5, 0.6) is 0 Å². The van der Waals surface area contributed by atoms with Gasteiger partial charge in [0.25, 0.3) is 0 Å². The molecular weight excluding hydrogens is 216 g/mol. The molecule has 0 fully saturated rings. The van der Waals surface area contributed by atoms with Crippen LogP contribution in [0.1, 0.15) is 19.4 Å². The quantitative estimate of drug-likeness (QED) is 0.813. The Kier molecular flexibility index (Phi) is 3.33. The molecule has 1 aliphatic heterocycles. The van der Waals surface area contributed by atoms with Gasteiger partial charge in [-0.15, -0.1) is 0 Å². The van der Waals surface area contributed by atoms with Crippen LogP contribution in [-0.4, -0.2) is 29.7 Å². The van der Waals surface area contributed by atoms with E-state index < -0.39 is 12.0 Å². The van der Waals surface area contributed by atoms with E-state index in [4.69, 9.17) is 0 Å². The number of benzene rings is 1. The highest BCUT2D eigenvalue weighted by molar-refractivity contribution is 5.78. The minimum absolute atomic E-state index is 0.282. The van der Waals surface area contributed by atoms with Gasteiger partial charge in [0.2, 0.25) is 0 Å². The molecule has 2 atom stereocenters. The Morgan fingerprint density at radius 3 is 2.94 bits per heavy atom. The number of anilines is 1. The summed E-state index contributed by atoms with van der Waals surface area (Å²) in [7, 11) is 0. The lowest BCUT2D eigenvalue weighted by Gasteiger charge is -2.30. The monoisotopic (exact) mass is 234 g/mol. The standard InChI is InChI=1S/C13H18N2O2/c1-9-8-15(10(2)13(16)17)12-6-4-3-5-11(12)7-14-9/h3-6,9-10,14H,7-8H2,1-2H3,(H,16,17). The van der Waals surface area contributed by atoms with Gasteiger partial charge in [0.05, 0.1) is 0 Å². The fraction of sp³-hybridized carbons (Fsp3) is 0.462. The van der Waals surface area contributed by atoms with Crippen LogP contribution in [0.3, 0.4) is 0 Å². The Bertz CT molecular complexity index is 420. The number of carboxylic acids is 1. The average Bonchev–Trinajstić information content (AvgIpc) is 2.48. The van der Waals surface area contributed by atoms with Crippen LogP contribution in [-0.2, 0) is 11.3 Å². The number of carbonyl (C=O) groups is 1. The largest absolute Gasteiger partial charge is 0.480 e. The number of carboxylic acid groups (broad SMARTS) is 1. The predicted octanol–water partition coefficient (Wildman–Crippen LogP) is 1.46. The molecular formula is C13H18N2O2. The smallest absolute Gasteiger partial charge is 0.326 e. The maximum absolute atomic E-state index is 11.2. The summed E-state index contributed by atoms with van der Waals surface area (Å²) in [6, 6.07) is 7.76. The summed E-state index contributed by atoms with van der Waals surface area (Å²) in [5.74, 6) is -0.783. The first-order chi connectivity index (χ1) is 8.09. The first-order valence-electron chi connectivity index (χ1n) is 5.90. The zero-order valence-electron chi connectivity index (χ0n) is 10.2. The van der Waals surface area contributed by atoms with Gasteiger partial charge in [-0.3, -0.25) is 0 Å². The van der Waals surface area contributed by atoms with Crippen LogP contribution in [0.25, 0.3) is 0 Å². The van der Waals surface area contributed by atoms with E-state index >= 15 is 0 Å². The fourth-order valence-electron chi connectivity index (χ4n) is 2.18. The molecule has 92 valence electrons. The van der Waals surface area contributed by atoms with Crippen molar-refractivity contribution in [3.63, 3.8) is 0 Å². The van der Waals surface area contributed by atoms with Gasteiger partial charge in [-0.05, 0) is 25.5 Å². The van der Waals surface area contributed by atoms with Gasteiger partial charge in [0.15, 0.2) is 0 Å². The van der Waals surface area contributed by atoms with Gasteiger partial charge >= 0.3 is 5.97 Å². The molecule has 1 aliphatic rings. The van der Waals surface area contributed by atoms with Crippen LogP contribution in [0.15, 0.2) is 24.3 Å². The molecule has 1 aromatic carbocycles. The van der Waals surface area contributed by atoms with E-state index in [2.05, 4.69) is 12.2 Å². The molecule has 2 rings (SSSR count). The Labute approximate surface area is 101 Å². The van der Waals surface area contributed by atoms with Crippen LogP contribution < -0.4 is 10.2 Å². The highest BCUT2D eigenvalue weighted by Gasteiger charge is 2.26. The number of aliphatic carboxylic acids is 1. The van der Waals surface area contributed by atoms with E-state index in [-0.39, 0.29) is 6.04 Å². The van der Waals surface area contributed by atoms with Crippen LogP contribution >= 0.6 is 0 Å². The first-order valence-corrected chi connectivity index (χ1v) is 5.90. The minimum atomic E-state index is -0.783. The van der Waals surface area contributed by atoms with E-state index in [1.807, 2.05) is 29.2 Å². The molecule has 0 radical (unpaired) electrons. The number of fused-ring (bicyclic) bond motifs is 1. The number of rotatable bonds is 2. The van der Waals surface area contributed by atoms with Crippen molar-refractivity contribution in [3.8, 4) is 0 Å². The molecule has 0 aromatic heterocycles. The maximum atomic E-state index is 11.2. The number of hydrogen-bond acceptors (Lipinski definition) is 3. The summed E-state index contributed by atoms with van der Waals surface area (Å²) in [4.78, 5) is 13.1. The molecule has 4 heteroatoms. The molecule has 17 heavy (non-hydrogen) atoms. The second-order valence-electron chi connectivity index (χ2n) is 4.58. The highest BCUT2D eigenvalue weighted by Crippen LogP contribution is 2.25. The summed E-state index contributed by atoms with van der Waals surface area (Å²) in [5, 5.41) is 12.6. The third-order valence-corrected chi connectivity index (χ3v) is 3.24. The molecule has 0 saturated heterocycles. The molecule has 2 N–H and O–H groups in total. The normalized spacial score (nSPS) is 21.5. The second-order valence-corrected chi connectivity index (χ2v) is 4.58. The van der Waals surface area contributed by atoms with E-state index in [1.54, 1.807) is 6.92 Å². The summed E-state index contributed by atoms with van der Waals surface area (Å²) < 4.78 is 0. The Balaban J connectivity index is 2.38. The van der Waals surface area contributed by atoms with Gasteiger partial charge in [-0.2, -0.15) is 0 Å². The summed E-state index contributed by atoms with van der Waals surface area (Å²) in [6.45, 7) is 5.31. The lowest BCUT2D eigenvalue weighted by Crippen LogP contribution is -2.44. The Morgan fingerprint density at radius 1 is 1.53 bits per heavy atom. The van der Waals surface area contributed by atoms with Crippen molar-refractivity contribution in [3.05, 3.63) is 29.8 Å².